The van der Waals surface area contributed by atoms with E-state index in [1.807, 2.05) is 12.1 Å². The molecular formula is C18H22NO3+. The smallest absolute Gasteiger partial charge is 0.165 e. The molecule has 0 amide bonds. The van der Waals surface area contributed by atoms with Crippen molar-refractivity contribution in [2.24, 2.45) is 5.92 Å². The Kier molecular flexibility index (Phi) is 2.39. The van der Waals surface area contributed by atoms with Gasteiger partial charge in [-0.1, -0.05) is 18.2 Å². The van der Waals surface area contributed by atoms with Gasteiger partial charge in [-0.2, -0.15) is 0 Å². The van der Waals surface area contributed by atoms with E-state index in [9.17, 15) is 5.11 Å². The maximum absolute atomic E-state index is 10.6. The zero-order valence-corrected chi connectivity index (χ0v) is 13.0. The quantitative estimate of drug-likeness (QED) is 0.722. The number of likely N-dealkylation sites (N-methyl/N-ethyl adjacent to an activating group) is 1. The van der Waals surface area contributed by atoms with E-state index in [1.54, 1.807) is 12.0 Å². The Balaban J connectivity index is 1.82. The number of nitrogens with one attached hydrogen (secondary N) is 1. The predicted octanol–water partition coefficient (Wildman–Crippen LogP) is 0.0840. The number of aliphatic hydroxyl groups excluding tert-OH is 1. The summed E-state index contributed by atoms with van der Waals surface area (Å²) < 4.78 is 11.8. The van der Waals surface area contributed by atoms with Crippen molar-refractivity contribution < 1.29 is 19.5 Å². The molecule has 4 aliphatic rings. The Morgan fingerprint density at radius 2 is 2.23 bits per heavy atom. The summed E-state index contributed by atoms with van der Waals surface area (Å²) in [5.41, 5.74) is 2.66. The summed E-state index contributed by atoms with van der Waals surface area (Å²) in [5, 5.41) is 10.6. The highest BCUT2D eigenvalue weighted by Gasteiger charge is 2.65. The average molecular weight is 300 g/mol. The van der Waals surface area contributed by atoms with Gasteiger partial charge in [0.25, 0.3) is 0 Å². The molecule has 1 spiro atoms. The number of ether oxygens (including phenoxy) is 2. The van der Waals surface area contributed by atoms with Crippen molar-refractivity contribution in [1.82, 2.24) is 0 Å². The minimum absolute atomic E-state index is 0.0597. The van der Waals surface area contributed by atoms with E-state index in [2.05, 4.69) is 19.2 Å². The van der Waals surface area contributed by atoms with Crippen LogP contribution in [0.15, 0.2) is 24.3 Å². The van der Waals surface area contributed by atoms with Crippen molar-refractivity contribution in [3.63, 3.8) is 0 Å². The molecule has 1 saturated heterocycles. The van der Waals surface area contributed by atoms with Crippen LogP contribution in [0, 0.1) is 5.92 Å². The topological polar surface area (TPSA) is 43.1 Å². The van der Waals surface area contributed by atoms with Gasteiger partial charge in [0.15, 0.2) is 11.5 Å². The molecule has 6 unspecified atom stereocenters. The molecule has 2 aliphatic heterocycles. The number of likely N-dealkylation sites (tertiary alicyclic amines) is 1. The van der Waals surface area contributed by atoms with Gasteiger partial charge in [-0.15, -0.1) is 0 Å². The normalized spacial score (nSPS) is 43.5. The monoisotopic (exact) mass is 300 g/mol. The molecule has 2 aliphatic carbocycles. The van der Waals surface area contributed by atoms with Crippen molar-refractivity contribution in [3.8, 4) is 11.5 Å². The van der Waals surface area contributed by atoms with Gasteiger partial charge >= 0.3 is 0 Å². The van der Waals surface area contributed by atoms with E-state index >= 15 is 0 Å². The third kappa shape index (κ3) is 1.28. The molecule has 0 radical (unpaired) electrons. The molecule has 0 aromatic heterocycles. The summed E-state index contributed by atoms with van der Waals surface area (Å²) in [6.45, 7) is 1.14. The van der Waals surface area contributed by atoms with Crippen LogP contribution >= 0.6 is 0 Å². The van der Waals surface area contributed by atoms with Crippen LogP contribution in [0.4, 0.5) is 0 Å². The number of rotatable bonds is 1. The van der Waals surface area contributed by atoms with Gasteiger partial charge in [0.2, 0.25) is 0 Å². The summed E-state index contributed by atoms with van der Waals surface area (Å²) in [6, 6.07) is 4.81. The fraction of sp³-hybridized carbons (Fsp3) is 0.556. The van der Waals surface area contributed by atoms with E-state index < -0.39 is 6.10 Å². The molecule has 4 heteroatoms. The molecule has 2 N–H and O–H groups in total. The fourth-order valence-corrected chi connectivity index (χ4v) is 5.53. The first kappa shape index (κ1) is 13.0. The number of hydrogen-bond acceptors (Lipinski definition) is 3. The van der Waals surface area contributed by atoms with E-state index in [-0.39, 0.29) is 11.5 Å². The lowest BCUT2D eigenvalue weighted by Gasteiger charge is -2.54. The van der Waals surface area contributed by atoms with Gasteiger partial charge in [-0.3, -0.25) is 0 Å². The first-order valence-corrected chi connectivity index (χ1v) is 8.22. The predicted molar refractivity (Wildman–Crippen MR) is 81.6 cm³/mol. The van der Waals surface area contributed by atoms with Crippen molar-refractivity contribution in [2.75, 3.05) is 20.7 Å². The second-order valence-corrected chi connectivity index (χ2v) is 7.27. The summed E-state index contributed by atoms with van der Waals surface area (Å²) in [6.07, 6.45) is 5.67. The van der Waals surface area contributed by atoms with Crippen LogP contribution in [0.2, 0.25) is 0 Å². The van der Waals surface area contributed by atoms with Crippen molar-refractivity contribution in [3.05, 3.63) is 35.4 Å². The highest BCUT2D eigenvalue weighted by molar-refractivity contribution is 5.61. The van der Waals surface area contributed by atoms with Crippen molar-refractivity contribution >= 4 is 0 Å². The maximum Gasteiger partial charge on any atom is 0.165 e. The second kappa shape index (κ2) is 4.06. The summed E-state index contributed by atoms with van der Waals surface area (Å²) >= 11 is 0. The van der Waals surface area contributed by atoms with Crippen LogP contribution in [0.3, 0.4) is 0 Å². The van der Waals surface area contributed by atoms with E-state index in [4.69, 9.17) is 9.47 Å². The Bertz CT molecular complexity index is 685. The largest absolute Gasteiger partial charge is 0.493 e. The summed E-state index contributed by atoms with van der Waals surface area (Å²) in [4.78, 5) is 1.60. The molecule has 0 saturated carbocycles. The van der Waals surface area contributed by atoms with E-state index in [0.717, 1.165) is 30.9 Å². The minimum atomic E-state index is -0.529. The Morgan fingerprint density at radius 1 is 1.36 bits per heavy atom. The zero-order chi connectivity index (χ0) is 15.1. The molecule has 2 bridgehead atoms. The summed E-state index contributed by atoms with van der Waals surface area (Å²) in [7, 11) is 3.99. The third-order valence-electron chi connectivity index (χ3n) is 6.51. The van der Waals surface area contributed by atoms with E-state index in [0.29, 0.717) is 12.0 Å². The van der Waals surface area contributed by atoms with E-state index in [1.165, 1.54) is 11.1 Å². The molecule has 1 aromatic carbocycles. The summed E-state index contributed by atoms with van der Waals surface area (Å²) in [5.74, 6) is 2.14. The van der Waals surface area contributed by atoms with Crippen molar-refractivity contribution in [1.29, 1.82) is 0 Å². The van der Waals surface area contributed by atoms with Gasteiger partial charge in [0, 0.05) is 24.3 Å². The number of aliphatic hydroxyl groups is 1. The molecule has 4 nitrogen and oxygen atoms in total. The van der Waals surface area contributed by atoms with Crippen LogP contribution in [-0.4, -0.2) is 44.1 Å². The van der Waals surface area contributed by atoms with Gasteiger partial charge in [0.1, 0.15) is 12.2 Å². The highest BCUT2D eigenvalue weighted by Crippen LogP contribution is 2.60. The van der Waals surface area contributed by atoms with Gasteiger partial charge in [-0.05, 0) is 11.6 Å². The average Bonchev–Trinajstić information content (AvgIpc) is 2.88. The first-order chi connectivity index (χ1) is 10.7. The zero-order valence-electron chi connectivity index (χ0n) is 13.0. The Morgan fingerprint density at radius 3 is 3.05 bits per heavy atom. The van der Waals surface area contributed by atoms with Crippen LogP contribution in [0.5, 0.6) is 11.5 Å². The number of hydrogen-bond donors (Lipinski definition) is 2. The Labute approximate surface area is 130 Å². The molecule has 1 aromatic rings. The molecular weight excluding hydrogens is 278 g/mol. The molecule has 2 heterocycles. The minimum Gasteiger partial charge on any atom is -0.493 e. The number of benzene rings is 1. The lowest BCUT2D eigenvalue weighted by atomic mass is 9.53. The molecule has 22 heavy (non-hydrogen) atoms. The Hall–Kier alpha value is -1.52. The van der Waals surface area contributed by atoms with Crippen LogP contribution in [0.25, 0.3) is 0 Å². The van der Waals surface area contributed by atoms with Crippen LogP contribution < -0.4 is 14.4 Å². The fourth-order valence-electron chi connectivity index (χ4n) is 5.53. The second-order valence-electron chi connectivity index (χ2n) is 7.27. The molecule has 1 fully saturated rings. The highest BCUT2D eigenvalue weighted by atomic mass is 16.5. The molecule has 6 atom stereocenters. The van der Waals surface area contributed by atoms with Crippen LogP contribution in [0.1, 0.15) is 17.5 Å². The number of piperidine rings is 1. The molecule has 5 rings (SSSR count). The van der Waals surface area contributed by atoms with Gasteiger partial charge in [0.05, 0.1) is 32.2 Å². The van der Waals surface area contributed by atoms with Crippen LogP contribution in [-0.2, 0) is 11.8 Å². The van der Waals surface area contributed by atoms with Gasteiger partial charge in [-0.25, -0.2) is 0 Å². The first-order valence-electron chi connectivity index (χ1n) is 8.22. The standard InChI is InChI=1S/C18H21NO3/c1-19-8-7-18-11-4-5-13(20)17(18)22-16-14(21-2)6-3-10(15(16)18)9-12(11)19/h3-6,11-13,17,20H,7-9H2,1-2H3/p+1. The van der Waals surface area contributed by atoms with Crippen molar-refractivity contribution in [2.45, 2.75) is 36.5 Å². The van der Waals surface area contributed by atoms with Gasteiger partial charge < -0.3 is 19.5 Å². The third-order valence-corrected chi connectivity index (χ3v) is 6.51. The SMILES string of the molecule is COc1ccc2c3c1OC1C(O)C=CC4C(C2)[NH+](C)CCC341. The molecule has 116 valence electrons. The maximum atomic E-state index is 10.6. The lowest BCUT2D eigenvalue weighted by molar-refractivity contribution is -0.917. The number of quaternary nitrogens is 1. The number of methoxy groups -OCH3 is 1. The lowest BCUT2D eigenvalue weighted by Crippen LogP contribution is -3.16.